The molecule has 114 valence electrons. The first-order valence-electron chi connectivity index (χ1n) is 7.52. The van der Waals surface area contributed by atoms with Crippen LogP contribution in [-0.2, 0) is 14.3 Å². The second-order valence-corrected chi connectivity index (χ2v) is 5.96. The normalized spacial score (nSPS) is 19.8. The molecule has 0 N–H and O–H groups in total. The summed E-state index contributed by atoms with van der Waals surface area (Å²) in [6, 6.07) is 0. The predicted molar refractivity (Wildman–Crippen MR) is 79.4 cm³/mol. The quantitative estimate of drug-likeness (QED) is 0.636. The van der Waals surface area contributed by atoms with Crippen molar-refractivity contribution in [3.63, 3.8) is 0 Å². The van der Waals surface area contributed by atoms with E-state index in [-0.39, 0.29) is 11.4 Å². The molecule has 3 nitrogen and oxygen atoms in total. The Bertz CT molecular complexity index is 288. The van der Waals surface area contributed by atoms with E-state index in [1.807, 2.05) is 27.7 Å². The Morgan fingerprint density at radius 2 is 1.58 bits per heavy atom. The highest BCUT2D eigenvalue weighted by atomic mass is 16.5. The number of Topliss-reactive ketones (excluding diaryl/α,β-unsaturated/α-hetero) is 1. The van der Waals surface area contributed by atoms with Gasteiger partial charge in [-0.3, -0.25) is 4.79 Å². The van der Waals surface area contributed by atoms with E-state index in [1.54, 1.807) is 0 Å². The molecule has 3 heteroatoms. The van der Waals surface area contributed by atoms with Gasteiger partial charge in [0, 0.05) is 6.61 Å². The summed E-state index contributed by atoms with van der Waals surface area (Å²) in [5.41, 5.74) is -1.00. The molecule has 0 aromatic heterocycles. The van der Waals surface area contributed by atoms with Gasteiger partial charge in [-0.05, 0) is 46.5 Å². The summed E-state index contributed by atoms with van der Waals surface area (Å²) in [5, 5.41) is 0. The molecule has 0 aliphatic carbocycles. The first-order chi connectivity index (χ1) is 8.66. The van der Waals surface area contributed by atoms with Gasteiger partial charge >= 0.3 is 0 Å². The minimum Gasteiger partial charge on any atom is -0.368 e. The van der Waals surface area contributed by atoms with Gasteiger partial charge in [-0.2, -0.15) is 0 Å². The molecule has 0 saturated carbocycles. The van der Waals surface area contributed by atoms with Crippen molar-refractivity contribution in [1.82, 2.24) is 0 Å². The maximum atomic E-state index is 12.6. The minimum absolute atomic E-state index is 0.0391. The highest BCUT2D eigenvalue weighted by Gasteiger charge is 2.39. The molecule has 0 aliphatic heterocycles. The maximum Gasteiger partial charge on any atom is 0.192 e. The molecule has 0 bridgehead atoms. The zero-order valence-corrected chi connectivity index (χ0v) is 14.0. The molecule has 0 rings (SSSR count). The van der Waals surface area contributed by atoms with Gasteiger partial charge in [-0.15, -0.1) is 0 Å². The minimum atomic E-state index is -0.736. The van der Waals surface area contributed by atoms with Crippen molar-refractivity contribution >= 4 is 5.78 Å². The van der Waals surface area contributed by atoms with E-state index in [9.17, 15) is 4.79 Å². The molecule has 0 radical (unpaired) electrons. The fourth-order valence-corrected chi connectivity index (χ4v) is 2.18. The number of ether oxygens (including phenoxy) is 2. The summed E-state index contributed by atoms with van der Waals surface area (Å²) in [5.74, 6) is 0.407. The summed E-state index contributed by atoms with van der Waals surface area (Å²) in [7, 11) is 0. The molecule has 0 aromatic rings. The Kier molecular flexibility index (Phi) is 7.23. The second kappa shape index (κ2) is 7.39. The fraction of sp³-hybridized carbons (Fsp3) is 0.938. The average Bonchev–Trinajstić information content (AvgIpc) is 2.37. The van der Waals surface area contributed by atoms with Crippen LogP contribution in [0.4, 0.5) is 0 Å². The van der Waals surface area contributed by atoms with Crippen LogP contribution >= 0.6 is 0 Å². The molecule has 19 heavy (non-hydrogen) atoms. The van der Waals surface area contributed by atoms with E-state index in [0.29, 0.717) is 18.9 Å². The number of ketones is 1. The van der Waals surface area contributed by atoms with E-state index in [0.717, 1.165) is 6.42 Å². The van der Waals surface area contributed by atoms with Crippen LogP contribution in [0.2, 0.25) is 0 Å². The van der Waals surface area contributed by atoms with Crippen molar-refractivity contribution in [3.05, 3.63) is 0 Å². The van der Waals surface area contributed by atoms with Crippen LogP contribution in [0.3, 0.4) is 0 Å². The third kappa shape index (κ3) is 4.57. The Morgan fingerprint density at radius 1 is 1.05 bits per heavy atom. The van der Waals surface area contributed by atoms with Gasteiger partial charge in [-0.25, -0.2) is 0 Å². The van der Waals surface area contributed by atoms with E-state index in [4.69, 9.17) is 9.47 Å². The average molecular weight is 272 g/mol. The van der Waals surface area contributed by atoms with Crippen LogP contribution < -0.4 is 0 Å². The van der Waals surface area contributed by atoms with Crippen molar-refractivity contribution in [2.75, 3.05) is 6.61 Å². The van der Waals surface area contributed by atoms with Crippen molar-refractivity contribution < 1.29 is 14.3 Å². The molecule has 0 spiro atoms. The second-order valence-electron chi connectivity index (χ2n) is 5.96. The lowest BCUT2D eigenvalue weighted by molar-refractivity contribution is -0.168. The molecule has 0 saturated heterocycles. The highest BCUT2D eigenvalue weighted by Crippen LogP contribution is 2.29. The number of hydrogen-bond donors (Lipinski definition) is 0. The predicted octanol–water partition coefficient (Wildman–Crippen LogP) is 3.99. The SMILES string of the molecule is CCOC(C)(CC)C(=O)C(C)OC(C)(CC)C(C)C. The van der Waals surface area contributed by atoms with Crippen LogP contribution in [-0.4, -0.2) is 29.7 Å². The standard InChI is InChI=1S/C16H32O3/c1-9-15(7,12(4)5)19-13(6)14(17)16(8,10-2)18-11-3/h12-13H,9-11H2,1-8H3. The molecule has 3 atom stereocenters. The molecule has 0 aliphatic rings. The Balaban J connectivity index is 4.91. The van der Waals surface area contributed by atoms with Crippen molar-refractivity contribution in [2.24, 2.45) is 5.92 Å². The molecule has 0 aromatic carbocycles. The maximum absolute atomic E-state index is 12.6. The molecule has 0 fully saturated rings. The van der Waals surface area contributed by atoms with Crippen molar-refractivity contribution in [1.29, 1.82) is 0 Å². The fourth-order valence-electron chi connectivity index (χ4n) is 2.18. The van der Waals surface area contributed by atoms with Crippen molar-refractivity contribution in [3.8, 4) is 0 Å². The zero-order valence-electron chi connectivity index (χ0n) is 14.0. The first-order valence-corrected chi connectivity index (χ1v) is 7.52. The summed E-state index contributed by atoms with van der Waals surface area (Å²) >= 11 is 0. The summed E-state index contributed by atoms with van der Waals surface area (Å²) < 4.78 is 11.7. The third-order valence-corrected chi connectivity index (χ3v) is 4.40. The number of hydrogen-bond acceptors (Lipinski definition) is 3. The number of carbonyl (C=O) groups is 1. The Morgan fingerprint density at radius 3 is 1.89 bits per heavy atom. The molecular weight excluding hydrogens is 240 g/mol. The number of carbonyl (C=O) groups excluding carboxylic acids is 1. The van der Waals surface area contributed by atoms with Gasteiger partial charge in [-0.1, -0.05) is 27.7 Å². The largest absolute Gasteiger partial charge is 0.368 e. The Hall–Kier alpha value is -0.410. The van der Waals surface area contributed by atoms with Crippen LogP contribution in [0.1, 0.15) is 68.2 Å². The van der Waals surface area contributed by atoms with Crippen LogP contribution in [0.25, 0.3) is 0 Å². The monoisotopic (exact) mass is 272 g/mol. The van der Waals surface area contributed by atoms with Crippen LogP contribution in [0, 0.1) is 5.92 Å². The molecule has 0 heterocycles. The van der Waals surface area contributed by atoms with E-state index < -0.39 is 11.7 Å². The highest BCUT2D eigenvalue weighted by molar-refractivity contribution is 5.90. The van der Waals surface area contributed by atoms with E-state index in [1.165, 1.54) is 0 Å². The van der Waals surface area contributed by atoms with Gasteiger partial charge in [0.05, 0.1) is 5.60 Å². The van der Waals surface area contributed by atoms with Gasteiger partial charge in [0.15, 0.2) is 5.78 Å². The van der Waals surface area contributed by atoms with E-state index in [2.05, 4.69) is 27.7 Å². The summed E-state index contributed by atoms with van der Waals surface area (Å²) in [6.07, 6.45) is 1.11. The lowest BCUT2D eigenvalue weighted by atomic mass is 9.88. The molecule has 0 amide bonds. The number of rotatable bonds is 9. The summed E-state index contributed by atoms with van der Waals surface area (Å²) in [4.78, 5) is 12.6. The topological polar surface area (TPSA) is 35.5 Å². The lowest BCUT2D eigenvalue weighted by Gasteiger charge is -2.38. The Labute approximate surface area is 119 Å². The summed E-state index contributed by atoms with van der Waals surface area (Å²) in [6.45, 7) is 16.5. The van der Waals surface area contributed by atoms with E-state index >= 15 is 0 Å². The van der Waals surface area contributed by atoms with Crippen LogP contribution in [0.5, 0.6) is 0 Å². The zero-order chi connectivity index (χ0) is 15.3. The molecular formula is C16H32O3. The van der Waals surface area contributed by atoms with Gasteiger partial charge < -0.3 is 9.47 Å². The third-order valence-electron chi connectivity index (χ3n) is 4.40. The smallest absolute Gasteiger partial charge is 0.192 e. The van der Waals surface area contributed by atoms with Crippen molar-refractivity contribution in [2.45, 2.75) is 85.5 Å². The molecule has 3 unspecified atom stereocenters. The lowest BCUT2D eigenvalue weighted by Crippen LogP contribution is -2.48. The van der Waals surface area contributed by atoms with Crippen LogP contribution in [0.15, 0.2) is 0 Å². The van der Waals surface area contributed by atoms with Gasteiger partial charge in [0.2, 0.25) is 0 Å². The van der Waals surface area contributed by atoms with Gasteiger partial charge in [0.1, 0.15) is 11.7 Å². The van der Waals surface area contributed by atoms with Gasteiger partial charge in [0.25, 0.3) is 0 Å². The first kappa shape index (κ1) is 18.6.